The van der Waals surface area contributed by atoms with Crippen LogP contribution in [-0.4, -0.2) is 22.6 Å². The fourth-order valence-electron chi connectivity index (χ4n) is 3.07. The van der Waals surface area contributed by atoms with Gasteiger partial charge < -0.3 is 14.6 Å². The van der Waals surface area contributed by atoms with Crippen LogP contribution in [0.25, 0.3) is 11.0 Å². The van der Waals surface area contributed by atoms with E-state index in [1.165, 1.54) is 11.1 Å². The summed E-state index contributed by atoms with van der Waals surface area (Å²) in [5.41, 5.74) is 4.44. The Bertz CT molecular complexity index is 850. The lowest BCUT2D eigenvalue weighted by atomic mass is 10.1. The second-order valence-electron chi connectivity index (χ2n) is 6.19. The summed E-state index contributed by atoms with van der Waals surface area (Å²) in [6, 6.07) is 14.3. The predicted molar refractivity (Wildman–Crippen MR) is 98.7 cm³/mol. The van der Waals surface area contributed by atoms with Crippen molar-refractivity contribution in [3.05, 3.63) is 59.4 Å². The molecule has 5 nitrogen and oxygen atoms in total. The molecule has 25 heavy (non-hydrogen) atoms. The molecule has 0 saturated heterocycles. The molecule has 1 heterocycles. The van der Waals surface area contributed by atoms with Crippen LogP contribution in [0.2, 0.25) is 0 Å². The molecule has 0 saturated carbocycles. The van der Waals surface area contributed by atoms with Crippen LogP contribution in [0.1, 0.15) is 23.4 Å². The summed E-state index contributed by atoms with van der Waals surface area (Å²) in [5, 5.41) is 2.70. The number of fused-ring (bicyclic) bond motifs is 1. The first-order chi connectivity index (χ1) is 12.2. The Balaban J connectivity index is 1.66. The standard InChI is InChI=1S/C20H23N3O2/c1-15-10-16(2)12-17(11-15)25-9-5-8-23-19-7-4-3-6-18(19)22-20(23)13-21-14-24/h3-4,6-7,10-12,14H,5,8-9,13H2,1-2H3,(H,21,24). The van der Waals surface area contributed by atoms with Gasteiger partial charge in [0.05, 0.1) is 24.2 Å². The van der Waals surface area contributed by atoms with E-state index in [1.807, 2.05) is 18.2 Å². The molecule has 1 N–H and O–H groups in total. The fraction of sp³-hybridized carbons (Fsp3) is 0.300. The minimum absolute atomic E-state index is 0.427. The van der Waals surface area contributed by atoms with Gasteiger partial charge in [-0.25, -0.2) is 4.98 Å². The van der Waals surface area contributed by atoms with Crippen molar-refractivity contribution in [1.82, 2.24) is 14.9 Å². The Morgan fingerprint density at radius 2 is 1.92 bits per heavy atom. The van der Waals surface area contributed by atoms with Gasteiger partial charge in [-0.05, 0) is 55.7 Å². The molecule has 3 rings (SSSR count). The molecule has 2 aromatic carbocycles. The zero-order valence-corrected chi connectivity index (χ0v) is 14.7. The van der Waals surface area contributed by atoms with Crippen LogP contribution >= 0.6 is 0 Å². The Kier molecular flexibility index (Phi) is 5.33. The van der Waals surface area contributed by atoms with Crippen LogP contribution in [0.5, 0.6) is 5.75 Å². The van der Waals surface area contributed by atoms with E-state index in [1.54, 1.807) is 0 Å². The molecule has 0 spiro atoms. The molecular weight excluding hydrogens is 314 g/mol. The van der Waals surface area contributed by atoms with E-state index in [4.69, 9.17) is 4.74 Å². The van der Waals surface area contributed by atoms with Crippen molar-refractivity contribution in [2.45, 2.75) is 33.4 Å². The van der Waals surface area contributed by atoms with Gasteiger partial charge in [0.15, 0.2) is 0 Å². The number of amides is 1. The molecule has 130 valence electrons. The van der Waals surface area contributed by atoms with Crippen LogP contribution in [0, 0.1) is 13.8 Å². The van der Waals surface area contributed by atoms with Crippen LogP contribution in [-0.2, 0) is 17.9 Å². The Morgan fingerprint density at radius 1 is 1.16 bits per heavy atom. The van der Waals surface area contributed by atoms with Crippen molar-refractivity contribution < 1.29 is 9.53 Å². The molecular formula is C20H23N3O2. The maximum absolute atomic E-state index is 10.6. The van der Waals surface area contributed by atoms with Gasteiger partial charge in [0.2, 0.25) is 6.41 Å². The van der Waals surface area contributed by atoms with E-state index in [0.717, 1.165) is 35.6 Å². The van der Waals surface area contributed by atoms with E-state index < -0.39 is 0 Å². The van der Waals surface area contributed by atoms with Gasteiger partial charge in [0.25, 0.3) is 0 Å². The van der Waals surface area contributed by atoms with Crippen molar-refractivity contribution in [2.24, 2.45) is 0 Å². The minimum atomic E-state index is 0.427. The van der Waals surface area contributed by atoms with Gasteiger partial charge in [-0.15, -0.1) is 0 Å². The first-order valence-corrected chi connectivity index (χ1v) is 8.49. The summed E-state index contributed by atoms with van der Waals surface area (Å²) in [6.07, 6.45) is 1.56. The zero-order valence-electron chi connectivity index (χ0n) is 14.7. The molecule has 5 heteroatoms. The van der Waals surface area contributed by atoms with Crippen LogP contribution in [0.4, 0.5) is 0 Å². The summed E-state index contributed by atoms with van der Waals surface area (Å²) < 4.78 is 8.04. The molecule has 0 unspecified atom stereocenters. The first-order valence-electron chi connectivity index (χ1n) is 8.49. The van der Waals surface area contributed by atoms with Gasteiger partial charge in [0, 0.05) is 6.54 Å². The number of carbonyl (C=O) groups is 1. The highest BCUT2D eigenvalue weighted by atomic mass is 16.5. The number of hydrogen-bond donors (Lipinski definition) is 1. The van der Waals surface area contributed by atoms with Crippen LogP contribution in [0.15, 0.2) is 42.5 Å². The lowest BCUT2D eigenvalue weighted by molar-refractivity contribution is -0.109. The predicted octanol–water partition coefficient (Wildman–Crippen LogP) is 3.37. The minimum Gasteiger partial charge on any atom is -0.494 e. The highest BCUT2D eigenvalue weighted by Gasteiger charge is 2.09. The fourth-order valence-corrected chi connectivity index (χ4v) is 3.07. The van der Waals surface area contributed by atoms with E-state index in [-0.39, 0.29) is 0 Å². The summed E-state index contributed by atoms with van der Waals surface area (Å²) in [4.78, 5) is 15.2. The number of carbonyl (C=O) groups excluding carboxylic acids is 1. The average molecular weight is 337 g/mol. The third-order valence-electron chi connectivity index (χ3n) is 4.07. The molecule has 0 atom stereocenters. The van der Waals surface area contributed by atoms with Crippen molar-refractivity contribution >= 4 is 17.4 Å². The second-order valence-corrected chi connectivity index (χ2v) is 6.19. The molecule has 0 aliphatic carbocycles. The molecule has 0 aliphatic heterocycles. The number of nitrogens with one attached hydrogen (secondary N) is 1. The molecule has 0 aliphatic rings. The van der Waals surface area contributed by atoms with Crippen LogP contribution in [0.3, 0.4) is 0 Å². The SMILES string of the molecule is Cc1cc(C)cc(OCCCn2c(CNC=O)nc3ccccc32)c1. The van der Waals surface area contributed by atoms with Gasteiger partial charge in [0.1, 0.15) is 11.6 Å². The maximum Gasteiger partial charge on any atom is 0.207 e. The monoisotopic (exact) mass is 337 g/mol. The maximum atomic E-state index is 10.6. The molecule has 0 fully saturated rings. The number of hydrogen-bond acceptors (Lipinski definition) is 3. The summed E-state index contributed by atoms with van der Waals surface area (Å²) in [5.74, 6) is 1.77. The van der Waals surface area contributed by atoms with Crippen molar-refractivity contribution in [3.63, 3.8) is 0 Å². The summed E-state index contributed by atoms with van der Waals surface area (Å²) in [7, 11) is 0. The third-order valence-corrected chi connectivity index (χ3v) is 4.07. The molecule has 0 bridgehead atoms. The lowest BCUT2D eigenvalue weighted by Gasteiger charge is -2.11. The first kappa shape index (κ1) is 17.0. The second kappa shape index (κ2) is 7.83. The molecule has 1 aromatic heterocycles. The van der Waals surface area contributed by atoms with Gasteiger partial charge >= 0.3 is 0 Å². The number of para-hydroxylation sites is 2. The lowest BCUT2D eigenvalue weighted by Crippen LogP contribution is -2.16. The number of nitrogens with zero attached hydrogens (tertiary/aromatic N) is 2. The van der Waals surface area contributed by atoms with Crippen molar-refractivity contribution in [3.8, 4) is 5.75 Å². The number of rotatable bonds is 8. The third kappa shape index (κ3) is 4.18. The smallest absolute Gasteiger partial charge is 0.207 e. The zero-order chi connectivity index (χ0) is 17.6. The number of imidazole rings is 1. The number of aryl methyl sites for hydroxylation is 3. The largest absolute Gasteiger partial charge is 0.494 e. The van der Waals surface area contributed by atoms with E-state index in [0.29, 0.717) is 19.6 Å². The van der Waals surface area contributed by atoms with E-state index >= 15 is 0 Å². The number of aromatic nitrogens is 2. The van der Waals surface area contributed by atoms with E-state index in [9.17, 15) is 4.79 Å². The normalized spacial score (nSPS) is 10.8. The number of benzene rings is 2. The summed E-state index contributed by atoms with van der Waals surface area (Å²) in [6.45, 7) is 6.00. The van der Waals surface area contributed by atoms with Crippen molar-refractivity contribution in [1.29, 1.82) is 0 Å². The number of ether oxygens (including phenoxy) is 1. The average Bonchev–Trinajstić information content (AvgIpc) is 2.93. The Morgan fingerprint density at radius 3 is 2.68 bits per heavy atom. The highest BCUT2D eigenvalue weighted by Crippen LogP contribution is 2.18. The quantitative estimate of drug-likeness (QED) is 0.506. The molecule has 1 amide bonds. The van der Waals surface area contributed by atoms with E-state index in [2.05, 4.69) is 53.0 Å². The topological polar surface area (TPSA) is 56.1 Å². The molecule has 0 radical (unpaired) electrons. The highest BCUT2D eigenvalue weighted by molar-refractivity contribution is 5.75. The van der Waals surface area contributed by atoms with Gasteiger partial charge in [-0.3, -0.25) is 4.79 Å². The Hall–Kier alpha value is -2.82. The van der Waals surface area contributed by atoms with Gasteiger partial charge in [-0.2, -0.15) is 0 Å². The Labute approximate surface area is 147 Å². The van der Waals surface area contributed by atoms with Crippen LogP contribution < -0.4 is 10.1 Å². The summed E-state index contributed by atoms with van der Waals surface area (Å²) >= 11 is 0. The molecule has 3 aromatic rings. The van der Waals surface area contributed by atoms with Gasteiger partial charge in [-0.1, -0.05) is 18.2 Å². The van der Waals surface area contributed by atoms with Crippen molar-refractivity contribution in [2.75, 3.05) is 6.61 Å².